The molecule has 0 aromatic heterocycles. The van der Waals surface area contributed by atoms with E-state index < -0.39 is 21.4 Å². The van der Waals surface area contributed by atoms with Crippen LogP contribution in [0.4, 0.5) is 0 Å². The van der Waals surface area contributed by atoms with E-state index in [1.165, 1.54) is 16.4 Å². The molecule has 2 aliphatic rings. The number of carboxylic acids is 1. The summed E-state index contributed by atoms with van der Waals surface area (Å²) >= 11 is 0. The number of aliphatic carboxylic acids is 1. The van der Waals surface area contributed by atoms with E-state index in [1.54, 1.807) is 12.1 Å². The van der Waals surface area contributed by atoms with Gasteiger partial charge in [-0.1, -0.05) is 18.6 Å². The lowest BCUT2D eigenvalue weighted by molar-refractivity contribution is -0.149. The molecule has 3 rings (SSSR count). The molecule has 7 heteroatoms. The van der Waals surface area contributed by atoms with E-state index in [4.69, 9.17) is 5.26 Å². The first kappa shape index (κ1) is 15.0. The molecule has 1 aliphatic heterocycles. The Kier molecular flexibility index (Phi) is 3.46. The average molecular weight is 320 g/mol. The second-order valence-corrected chi connectivity index (χ2v) is 7.86. The number of hydrogen-bond donors (Lipinski definition) is 1. The van der Waals surface area contributed by atoms with Crippen LogP contribution < -0.4 is 0 Å². The third-order valence-electron chi connectivity index (χ3n) is 4.89. The van der Waals surface area contributed by atoms with E-state index in [9.17, 15) is 18.3 Å². The lowest BCUT2D eigenvalue weighted by atomic mass is 9.81. The van der Waals surface area contributed by atoms with Gasteiger partial charge in [-0.05, 0) is 30.9 Å². The second-order valence-electron chi connectivity index (χ2n) is 5.96. The third-order valence-corrected chi connectivity index (χ3v) is 6.76. The van der Waals surface area contributed by atoms with Gasteiger partial charge < -0.3 is 5.11 Å². The molecule has 0 bridgehead atoms. The Morgan fingerprint density at radius 2 is 2.14 bits per heavy atom. The van der Waals surface area contributed by atoms with Crippen molar-refractivity contribution in [2.45, 2.75) is 24.2 Å². The molecule has 0 unspecified atom stereocenters. The van der Waals surface area contributed by atoms with Crippen LogP contribution in [0.2, 0.25) is 0 Å². The maximum absolute atomic E-state index is 12.8. The smallest absolute Gasteiger partial charge is 0.311 e. The Bertz CT molecular complexity index is 768. The van der Waals surface area contributed by atoms with Crippen molar-refractivity contribution < 1.29 is 18.3 Å². The Morgan fingerprint density at radius 3 is 2.77 bits per heavy atom. The fourth-order valence-corrected chi connectivity index (χ4v) is 5.40. The minimum absolute atomic E-state index is 0.00486. The molecule has 0 radical (unpaired) electrons. The van der Waals surface area contributed by atoms with Gasteiger partial charge >= 0.3 is 5.97 Å². The zero-order valence-electron chi connectivity index (χ0n) is 11.9. The van der Waals surface area contributed by atoms with Gasteiger partial charge in [-0.25, -0.2) is 8.42 Å². The van der Waals surface area contributed by atoms with Crippen molar-refractivity contribution in [3.8, 4) is 6.07 Å². The molecule has 1 saturated heterocycles. The van der Waals surface area contributed by atoms with Gasteiger partial charge in [0.2, 0.25) is 10.0 Å². The quantitative estimate of drug-likeness (QED) is 0.908. The van der Waals surface area contributed by atoms with Gasteiger partial charge in [-0.2, -0.15) is 9.57 Å². The van der Waals surface area contributed by atoms with Gasteiger partial charge in [0.1, 0.15) is 6.07 Å². The van der Waals surface area contributed by atoms with Crippen LogP contribution in [0.3, 0.4) is 0 Å². The normalized spacial score (nSPS) is 28.2. The summed E-state index contributed by atoms with van der Waals surface area (Å²) < 4.78 is 26.8. The highest BCUT2D eigenvalue weighted by molar-refractivity contribution is 7.89. The molecule has 2 fully saturated rings. The van der Waals surface area contributed by atoms with Crippen LogP contribution in [-0.2, 0) is 14.8 Å². The number of sulfonamides is 1. The number of hydrogen-bond acceptors (Lipinski definition) is 4. The first-order valence-corrected chi connectivity index (χ1v) is 8.58. The predicted molar refractivity (Wildman–Crippen MR) is 77.3 cm³/mol. The Balaban J connectivity index is 1.99. The molecule has 1 heterocycles. The SMILES string of the molecule is N#Cc1ccccc1S(=O)(=O)N1C[C@@H]2CCC[C@@]2(C(=O)O)C1. The highest BCUT2D eigenvalue weighted by atomic mass is 32.2. The number of carbonyl (C=O) groups is 1. The van der Waals surface area contributed by atoms with Crippen LogP contribution in [0, 0.1) is 22.7 Å². The van der Waals surface area contributed by atoms with Crippen LogP contribution in [0.15, 0.2) is 29.2 Å². The molecule has 0 amide bonds. The summed E-state index contributed by atoms with van der Waals surface area (Å²) in [4.78, 5) is 11.6. The Morgan fingerprint density at radius 1 is 1.41 bits per heavy atom. The molecule has 2 atom stereocenters. The monoisotopic (exact) mass is 320 g/mol. The van der Waals surface area contributed by atoms with Crippen molar-refractivity contribution in [3.63, 3.8) is 0 Å². The highest BCUT2D eigenvalue weighted by Crippen LogP contribution is 2.50. The Hall–Kier alpha value is -1.91. The fraction of sp³-hybridized carbons (Fsp3) is 0.467. The summed E-state index contributed by atoms with van der Waals surface area (Å²) in [7, 11) is -3.85. The topological polar surface area (TPSA) is 98.5 Å². The molecule has 1 saturated carbocycles. The van der Waals surface area contributed by atoms with E-state index in [2.05, 4.69) is 0 Å². The molecule has 22 heavy (non-hydrogen) atoms. The van der Waals surface area contributed by atoms with Crippen LogP contribution in [-0.4, -0.2) is 36.9 Å². The molecule has 0 spiro atoms. The van der Waals surface area contributed by atoms with Gasteiger partial charge in [0.05, 0.1) is 15.9 Å². The summed E-state index contributed by atoms with van der Waals surface area (Å²) in [5.74, 6) is -1.06. The van der Waals surface area contributed by atoms with Crippen molar-refractivity contribution in [3.05, 3.63) is 29.8 Å². The molecule has 6 nitrogen and oxygen atoms in total. The number of fused-ring (bicyclic) bond motifs is 1. The summed E-state index contributed by atoms with van der Waals surface area (Å²) in [5.41, 5.74) is -0.877. The zero-order chi connectivity index (χ0) is 16.0. The largest absolute Gasteiger partial charge is 0.481 e. The summed E-state index contributed by atoms with van der Waals surface area (Å²) in [6.07, 6.45) is 2.07. The number of benzene rings is 1. The minimum Gasteiger partial charge on any atom is -0.481 e. The fourth-order valence-electron chi connectivity index (χ4n) is 3.70. The van der Waals surface area contributed by atoms with Gasteiger partial charge in [-0.3, -0.25) is 4.79 Å². The molecule has 1 N–H and O–H groups in total. The second kappa shape index (κ2) is 5.07. The highest BCUT2D eigenvalue weighted by Gasteiger charge is 2.57. The van der Waals surface area contributed by atoms with Crippen LogP contribution in [0.5, 0.6) is 0 Å². The number of carboxylic acid groups (broad SMARTS) is 1. The van der Waals surface area contributed by atoms with Crippen molar-refractivity contribution >= 4 is 16.0 Å². The van der Waals surface area contributed by atoms with Crippen LogP contribution in [0.25, 0.3) is 0 Å². The van der Waals surface area contributed by atoms with Gasteiger partial charge in [-0.15, -0.1) is 0 Å². The standard InChI is InChI=1S/C15H16N2O4S/c16-8-11-4-1-2-6-13(11)22(20,21)17-9-12-5-3-7-15(12,10-17)14(18)19/h1-2,4,6,12H,3,5,7,9-10H2,(H,18,19)/t12-,15+/m0/s1. The number of nitriles is 1. The van der Waals surface area contributed by atoms with E-state index in [0.717, 1.165) is 12.8 Å². The molecule has 116 valence electrons. The first-order valence-electron chi connectivity index (χ1n) is 7.14. The summed E-state index contributed by atoms with van der Waals surface area (Å²) in [6, 6.07) is 7.91. The van der Waals surface area contributed by atoms with Crippen molar-refractivity contribution in [2.24, 2.45) is 11.3 Å². The first-order chi connectivity index (χ1) is 10.4. The molecular formula is C15H16N2O4S. The zero-order valence-corrected chi connectivity index (χ0v) is 12.7. The van der Waals surface area contributed by atoms with Crippen molar-refractivity contribution in [2.75, 3.05) is 13.1 Å². The predicted octanol–water partition coefficient (Wildman–Crippen LogP) is 1.43. The molecule has 1 aliphatic carbocycles. The van der Waals surface area contributed by atoms with Crippen LogP contribution in [0.1, 0.15) is 24.8 Å². The summed E-state index contributed by atoms with van der Waals surface area (Å²) in [5, 5.41) is 18.7. The third kappa shape index (κ3) is 2.02. The Labute approximate surface area is 129 Å². The van der Waals surface area contributed by atoms with Gasteiger partial charge in [0.15, 0.2) is 0 Å². The lowest BCUT2D eigenvalue weighted by Gasteiger charge is -2.23. The molecule has 1 aromatic rings. The van der Waals surface area contributed by atoms with Gasteiger partial charge in [0, 0.05) is 13.1 Å². The van der Waals surface area contributed by atoms with Crippen molar-refractivity contribution in [1.82, 2.24) is 4.31 Å². The average Bonchev–Trinajstić information content (AvgIpc) is 3.05. The maximum atomic E-state index is 12.8. The van der Waals surface area contributed by atoms with E-state index in [-0.39, 0.29) is 29.5 Å². The van der Waals surface area contributed by atoms with Gasteiger partial charge in [0.25, 0.3) is 0 Å². The number of rotatable bonds is 3. The lowest BCUT2D eigenvalue weighted by Crippen LogP contribution is -2.37. The van der Waals surface area contributed by atoms with E-state index >= 15 is 0 Å². The maximum Gasteiger partial charge on any atom is 0.311 e. The van der Waals surface area contributed by atoms with E-state index in [0.29, 0.717) is 6.42 Å². The van der Waals surface area contributed by atoms with Crippen molar-refractivity contribution in [1.29, 1.82) is 5.26 Å². The number of nitrogens with zero attached hydrogens (tertiary/aromatic N) is 2. The molecular weight excluding hydrogens is 304 g/mol. The summed E-state index contributed by atoms with van der Waals surface area (Å²) in [6.45, 7) is 0.212. The van der Waals surface area contributed by atoms with E-state index in [1.807, 2.05) is 6.07 Å². The minimum atomic E-state index is -3.85. The van der Waals surface area contributed by atoms with Crippen LogP contribution >= 0.6 is 0 Å². The molecule has 1 aromatic carbocycles.